The predicted molar refractivity (Wildman–Crippen MR) is 191 cm³/mol. The lowest BCUT2D eigenvalue weighted by Crippen LogP contribution is -2.14. The second-order valence-electron chi connectivity index (χ2n) is 12.4. The zero-order valence-corrected chi connectivity index (χ0v) is 26.1. The molecule has 0 fully saturated rings. The van der Waals surface area contributed by atoms with E-state index in [2.05, 4.69) is 116 Å². The van der Waals surface area contributed by atoms with Crippen molar-refractivity contribution >= 4 is 5.69 Å². The number of fused-ring (bicyclic) bond motifs is 3. The van der Waals surface area contributed by atoms with Gasteiger partial charge in [-0.15, -0.1) is 0 Å². The van der Waals surface area contributed by atoms with Crippen molar-refractivity contribution in [2.75, 3.05) is 0 Å². The summed E-state index contributed by atoms with van der Waals surface area (Å²) < 4.78 is 0. The van der Waals surface area contributed by atoms with Gasteiger partial charge in [-0.2, -0.15) is 0 Å². The van der Waals surface area contributed by atoms with Crippen molar-refractivity contribution in [2.24, 2.45) is 0 Å². The number of aromatic nitrogens is 3. The second kappa shape index (κ2) is 11.3. The number of hydrogen-bond acceptors (Lipinski definition) is 3. The van der Waals surface area contributed by atoms with Crippen LogP contribution in [0.25, 0.3) is 72.4 Å². The van der Waals surface area contributed by atoms with Crippen LogP contribution in [-0.4, -0.2) is 15.0 Å². The number of rotatable bonds is 5. The van der Waals surface area contributed by atoms with Gasteiger partial charge in [-0.1, -0.05) is 159 Å². The van der Waals surface area contributed by atoms with E-state index in [0.29, 0.717) is 23.2 Å². The molecule has 1 heterocycles. The quantitative estimate of drug-likeness (QED) is 0.184. The van der Waals surface area contributed by atoms with E-state index < -0.39 is 0 Å². The fraction of sp³-hybridized carbons (Fsp3) is 0.0698. The third-order valence-corrected chi connectivity index (χ3v) is 9.18. The fourth-order valence-corrected chi connectivity index (χ4v) is 6.68. The van der Waals surface area contributed by atoms with Gasteiger partial charge in [0, 0.05) is 22.1 Å². The van der Waals surface area contributed by atoms with Gasteiger partial charge >= 0.3 is 0 Å². The van der Waals surface area contributed by atoms with Crippen LogP contribution in [0.1, 0.15) is 25.0 Å². The zero-order chi connectivity index (χ0) is 32.0. The predicted octanol–water partition coefficient (Wildman–Crippen LogP) is 11.1. The first kappa shape index (κ1) is 28.3. The van der Waals surface area contributed by atoms with Gasteiger partial charge in [0.25, 0.3) is 0 Å². The van der Waals surface area contributed by atoms with Crippen molar-refractivity contribution in [1.29, 1.82) is 0 Å². The Bertz CT molecular complexity index is 2300. The minimum Gasteiger partial charge on any atom is -0.238 e. The van der Waals surface area contributed by atoms with Crippen molar-refractivity contribution in [3.05, 3.63) is 168 Å². The van der Waals surface area contributed by atoms with Crippen LogP contribution < -0.4 is 0 Å². The Morgan fingerprint density at radius 3 is 1.51 bits per heavy atom. The monoisotopic (exact) mass is 602 g/mol. The molecule has 6 aromatic carbocycles. The number of benzene rings is 6. The summed E-state index contributed by atoms with van der Waals surface area (Å²) in [5, 5.41) is 0. The van der Waals surface area contributed by atoms with Crippen LogP contribution in [0.4, 0.5) is 5.69 Å². The van der Waals surface area contributed by atoms with Crippen LogP contribution >= 0.6 is 0 Å². The summed E-state index contributed by atoms with van der Waals surface area (Å²) in [6, 6.07) is 50.0. The molecular weight excluding hydrogens is 573 g/mol. The molecule has 0 radical (unpaired) electrons. The highest BCUT2D eigenvalue weighted by Crippen LogP contribution is 2.52. The third-order valence-electron chi connectivity index (χ3n) is 9.18. The topological polar surface area (TPSA) is 43.0 Å². The van der Waals surface area contributed by atoms with E-state index in [0.717, 1.165) is 27.8 Å². The average molecular weight is 603 g/mol. The maximum absolute atomic E-state index is 7.54. The Balaban J connectivity index is 1.20. The molecule has 0 spiro atoms. The lowest BCUT2D eigenvalue weighted by Gasteiger charge is -2.22. The Morgan fingerprint density at radius 2 is 0.936 bits per heavy atom. The fourth-order valence-electron chi connectivity index (χ4n) is 6.68. The Hall–Kier alpha value is -6.18. The molecule has 0 amide bonds. The third kappa shape index (κ3) is 4.99. The van der Waals surface area contributed by atoms with Gasteiger partial charge in [-0.25, -0.2) is 19.8 Å². The molecule has 0 saturated heterocycles. The summed E-state index contributed by atoms with van der Waals surface area (Å²) >= 11 is 0. The summed E-state index contributed by atoms with van der Waals surface area (Å²) in [7, 11) is 0. The van der Waals surface area contributed by atoms with Crippen LogP contribution in [0.15, 0.2) is 146 Å². The number of hydrogen-bond donors (Lipinski definition) is 0. The molecule has 8 rings (SSSR count). The number of nitrogens with zero attached hydrogens (tertiary/aromatic N) is 4. The van der Waals surface area contributed by atoms with Crippen molar-refractivity contribution < 1.29 is 0 Å². The molecule has 1 aliphatic rings. The van der Waals surface area contributed by atoms with Gasteiger partial charge in [0.2, 0.25) is 0 Å². The zero-order valence-electron chi connectivity index (χ0n) is 26.1. The van der Waals surface area contributed by atoms with E-state index in [1.807, 2.05) is 48.5 Å². The van der Waals surface area contributed by atoms with E-state index >= 15 is 0 Å². The molecular formula is C43H30N4. The molecule has 4 heteroatoms. The SMILES string of the molecule is [C-]#[N+]c1ccc2c(c1)C(C)(C)c1cccc(-c3ccc(-c4nc(-c5ccccc5)nc(-c5ccc(-c6ccccc6)cc5)n4)cc3)c1-2. The minimum atomic E-state index is -0.185. The Labute approximate surface area is 274 Å². The Morgan fingerprint density at radius 1 is 0.447 bits per heavy atom. The highest BCUT2D eigenvalue weighted by atomic mass is 15.0. The van der Waals surface area contributed by atoms with Gasteiger partial charge in [-0.3, -0.25) is 0 Å². The van der Waals surface area contributed by atoms with Gasteiger partial charge in [0.1, 0.15) is 0 Å². The van der Waals surface area contributed by atoms with E-state index in [1.54, 1.807) is 0 Å². The maximum Gasteiger partial charge on any atom is 0.187 e. The molecule has 0 aliphatic heterocycles. The highest BCUT2D eigenvalue weighted by Gasteiger charge is 2.36. The normalized spacial score (nSPS) is 12.6. The second-order valence-corrected chi connectivity index (χ2v) is 12.4. The largest absolute Gasteiger partial charge is 0.238 e. The first-order valence-electron chi connectivity index (χ1n) is 15.7. The molecule has 0 unspecified atom stereocenters. The van der Waals surface area contributed by atoms with Crippen molar-refractivity contribution in [2.45, 2.75) is 19.3 Å². The molecule has 222 valence electrons. The lowest BCUT2D eigenvalue weighted by atomic mass is 9.82. The first-order valence-corrected chi connectivity index (χ1v) is 15.7. The Kier molecular flexibility index (Phi) is 6.82. The molecule has 0 N–H and O–H groups in total. The standard InChI is InChI=1S/C43H30N4/c1-43(2)37-16-10-15-35(39(37)36-26-25-34(44-3)27-38(36)43)30-19-23-33(24-20-30)42-46-40(31-13-8-5-9-14-31)45-41(47-42)32-21-17-29(18-22-32)28-11-6-4-7-12-28/h4-27H,1-2H3. The van der Waals surface area contributed by atoms with Crippen LogP contribution in [0.3, 0.4) is 0 Å². The smallest absolute Gasteiger partial charge is 0.187 e. The summed E-state index contributed by atoms with van der Waals surface area (Å²) in [4.78, 5) is 18.5. The van der Waals surface area contributed by atoms with Gasteiger partial charge in [0.15, 0.2) is 23.2 Å². The van der Waals surface area contributed by atoms with E-state index in [9.17, 15) is 0 Å². The van der Waals surface area contributed by atoms with Crippen molar-refractivity contribution in [3.8, 4) is 67.5 Å². The van der Waals surface area contributed by atoms with Gasteiger partial charge in [0.05, 0.1) is 6.57 Å². The molecule has 7 aromatic rings. The average Bonchev–Trinajstić information content (AvgIpc) is 3.38. The summed E-state index contributed by atoms with van der Waals surface area (Å²) in [5.74, 6) is 1.90. The summed E-state index contributed by atoms with van der Waals surface area (Å²) in [6.07, 6.45) is 0. The molecule has 1 aliphatic carbocycles. The molecule has 0 bridgehead atoms. The van der Waals surface area contributed by atoms with Crippen LogP contribution in [0.2, 0.25) is 0 Å². The molecule has 47 heavy (non-hydrogen) atoms. The van der Waals surface area contributed by atoms with E-state index in [-0.39, 0.29) is 5.41 Å². The minimum absolute atomic E-state index is 0.185. The maximum atomic E-state index is 7.54. The summed E-state index contributed by atoms with van der Waals surface area (Å²) in [6.45, 7) is 12.0. The van der Waals surface area contributed by atoms with Gasteiger partial charge < -0.3 is 0 Å². The van der Waals surface area contributed by atoms with E-state index in [1.165, 1.54) is 33.4 Å². The van der Waals surface area contributed by atoms with Gasteiger partial charge in [-0.05, 0) is 44.5 Å². The summed E-state index contributed by atoms with van der Waals surface area (Å²) in [5.41, 5.74) is 12.8. The van der Waals surface area contributed by atoms with Crippen molar-refractivity contribution in [1.82, 2.24) is 15.0 Å². The lowest BCUT2D eigenvalue weighted by molar-refractivity contribution is 0.661. The van der Waals surface area contributed by atoms with Crippen molar-refractivity contribution in [3.63, 3.8) is 0 Å². The van der Waals surface area contributed by atoms with Crippen LogP contribution in [0, 0.1) is 6.57 Å². The first-order chi connectivity index (χ1) is 23.0. The van der Waals surface area contributed by atoms with Crippen LogP contribution in [-0.2, 0) is 5.41 Å². The van der Waals surface area contributed by atoms with Crippen LogP contribution in [0.5, 0.6) is 0 Å². The highest BCUT2D eigenvalue weighted by molar-refractivity contribution is 5.93. The molecule has 0 atom stereocenters. The van der Waals surface area contributed by atoms with E-state index in [4.69, 9.17) is 21.5 Å². The molecule has 0 saturated carbocycles. The molecule has 1 aromatic heterocycles. The molecule has 4 nitrogen and oxygen atoms in total.